The maximum atomic E-state index is 12.6. The van der Waals surface area contributed by atoms with Gasteiger partial charge in [-0.3, -0.25) is 20.0 Å². The van der Waals surface area contributed by atoms with Crippen LogP contribution in [-0.4, -0.2) is 27.8 Å². The van der Waals surface area contributed by atoms with Gasteiger partial charge < -0.3 is 5.32 Å². The number of benzene rings is 3. The molecule has 4 N–H and O–H groups in total. The Morgan fingerprint density at radius 3 is 2.23 bits per heavy atom. The Morgan fingerprint density at radius 1 is 0.875 bits per heavy atom. The summed E-state index contributed by atoms with van der Waals surface area (Å²) in [6.45, 7) is 2.00. The summed E-state index contributed by atoms with van der Waals surface area (Å²) in [5, 5.41) is 3.68. The number of hydrazine groups is 1. The van der Waals surface area contributed by atoms with E-state index < -0.39 is 5.91 Å². The summed E-state index contributed by atoms with van der Waals surface area (Å²) in [4.78, 5) is 33.7. The van der Waals surface area contributed by atoms with Crippen LogP contribution in [0.3, 0.4) is 0 Å². The van der Waals surface area contributed by atoms with Crippen molar-refractivity contribution in [3.8, 4) is 23.1 Å². The van der Waals surface area contributed by atoms with E-state index in [9.17, 15) is 9.59 Å². The van der Waals surface area contributed by atoms with E-state index >= 15 is 0 Å². The van der Waals surface area contributed by atoms with E-state index in [0.717, 1.165) is 23.1 Å². The van der Waals surface area contributed by atoms with E-state index in [0.29, 0.717) is 27.7 Å². The predicted molar refractivity (Wildman–Crippen MR) is 156 cm³/mol. The summed E-state index contributed by atoms with van der Waals surface area (Å²) >= 11 is 0. The third-order valence-electron chi connectivity index (χ3n) is 6.43. The number of rotatable bonds is 6. The van der Waals surface area contributed by atoms with Crippen LogP contribution in [0.5, 0.6) is 0 Å². The van der Waals surface area contributed by atoms with E-state index in [1.165, 1.54) is 5.56 Å². The fraction of sp³-hybridized carbons (Fsp3) is 0.0909. The molecule has 0 aliphatic carbocycles. The maximum absolute atomic E-state index is 12.6. The number of pyridine rings is 2. The molecule has 3 aromatic carbocycles. The molecule has 0 saturated carbocycles. The number of nitrogens with zero attached hydrogens (tertiary/aromatic N) is 2. The Labute approximate surface area is 232 Å². The van der Waals surface area contributed by atoms with Crippen LogP contribution < -0.4 is 16.6 Å². The highest BCUT2D eigenvalue weighted by molar-refractivity contribution is 6.06. The van der Waals surface area contributed by atoms with E-state index in [2.05, 4.69) is 44.7 Å². The van der Waals surface area contributed by atoms with Crippen molar-refractivity contribution in [2.75, 3.05) is 0 Å². The molecule has 0 radical (unpaired) electrons. The van der Waals surface area contributed by atoms with Crippen molar-refractivity contribution in [1.29, 1.82) is 0 Å². The second-order valence-electron chi connectivity index (χ2n) is 9.39. The SMILES string of the molecule is CC(Cc1ccccc1)NC(=O)c1ccc(C#Cc2ccc(-c3cc(C(=O)NN)c4cnccc4n3)cc2)cc1. The smallest absolute Gasteiger partial charge is 0.265 e. The number of amides is 2. The van der Waals surface area contributed by atoms with Crippen molar-refractivity contribution in [1.82, 2.24) is 20.7 Å². The molecule has 0 aliphatic rings. The van der Waals surface area contributed by atoms with Crippen molar-refractivity contribution in [2.45, 2.75) is 19.4 Å². The summed E-state index contributed by atoms with van der Waals surface area (Å²) in [5.41, 5.74) is 8.13. The summed E-state index contributed by atoms with van der Waals surface area (Å²) in [7, 11) is 0. The first-order chi connectivity index (χ1) is 19.5. The molecular formula is C33H27N5O2. The first-order valence-electron chi connectivity index (χ1n) is 12.8. The van der Waals surface area contributed by atoms with Crippen LogP contribution in [0.1, 0.15) is 44.3 Å². The van der Waals surface area contributed by atoms with Gasteiger partial charge in [-0.15, -0.1) is 0 Å². The highest BCUT2D eigenvalue weighted by Gasteiger charge is 2.13. The van der Waals surface area contributed by atoms with Crippen LogP contribution in [-0.2, 0) is 6.42 Å². The monoisotopic (exact) mass is 525 g/mol. The predicted octanol–water partition coefficient (Wildman–Crippen LogP) is 4.66. The lowest BCUT2D eigenvalue weighted by atomic mass is 10.0. The van der Waals surface area contributed by atoms with Crippen molar-refractivity contribution in [3.63, 3.8) is 0 Å². The van der Waals surface area contributed by atoms with Crippen molar-refractivity contribution in [2.24, 2.45) is 5.84 Å². The minimum absolute atomic E-state index is 0.0172. The molecule has 1 atom stereocenters. The number of nitrogens with one attached hydrogen (secondary N) is 2. The van der Waals surface area contributed by atoms with Crippen LogP contribution in [0.4, 0.5) is 0 Å². The third-order valence-corrected chi connectivity index (χ3v) is 6.43. The maximum Gasteiger partial charge on any atom is 0.265 e. The topological polar surface area (TPSA) is 110 Å². The number of aromatic nitrogens is 2. The number of nitrogens with two attached hydrogens (primary N) is 1. The van der Waals surface area contributed by atoms with Crippen LogP contribution in [0.15, 0.2) is 103 Å². The van der Waals surface area contributed by atoms with E-state index in [1.54, 1.807) is 36.7 Å². The van der Waals surface area contributed by atoms with Crippen LogP contribution in [0.25, 0.3) is 22.2 Å². The fourth-order valence-electron chi connectivity index (χ4n) is 4.38. The standard InChI is InChI=1S/C33H27N5O2/c1-22(19-25-5-3-2-4-6-25)36-32(39)27-15-11-24(12-16-27)8-7-23-9-13-26(14-10-23)31-20-28(33(40)38-34)29-21-35-18-17-30(29)37-31/h2-6,9-18,20-22H,19,34H2,1H3,(H,36,39)(H,38,40). The lowest BCUT2D eigenvalue weighted by Crippen LogP contribution is -2.34. The Hall–Kier alpha value is -5.32. The lowest BCUT2D eigenvalue weighted by Gasteiger charge is -2.14. The highest BCUT2D eigenvalue weighted by atomic mass is 16.2. The minimum Gasteiger partial charge on any atom is -0.349 e. The fourth-order valence-corrected chi connectivity index (χ4v) is 4.38. The van der Waals surface area contributed by atoms with Gasteiger partial charge in [-0.1, -0.05) is 54.3 Å². The van der Waals surface area contributed by atoms with Gasteiger partial charge in [0.2, 0.25) is 0 Å². The Bertz CT molecular complexity index is 1720. The zero-order valence-corrected chi connectivity index (χ0v) is 21.9. The average Bonchev–Trinajstić information content (AvgIpc) is 3.00. The van der Waals surface area contributed by atoms with Crippen LogP contribution in [0, 0.1) is 11.8 Å². The van der Waals surface area contributed by atoms with Gasteiger partial charge >= 0.3 is 0 Å². The van der Waals surface area contributed by atoms with E-state index in [-0.39, 0.29) is 11.9 Å². The Morgan fingerprint density at radius 2 is 1.55 bits per heavy atom. The van der Waals surface area contributed by atoms with Gasteiger partial charge in [0, 0.05) is 46.1 Å². The molecule has 0 aliphatic heterocycles. The minimum atomic E-state index is -0.408. The quantitative estimate of drug-likeness (QED) is 0.129. The molecule has 0 spiro atoms. The second kappa shape index (κ2) is 12.0. The van der Waals surface area contributed by atoms with Gasteiger partial charge in [-0.05, 0) is 67.4 Å². The van der Waals surface area contributed by atoms with Gasteiger partial charge in [0.1, 0.15) is 0 Å². The summed E-state index contributed by atoms with van der Waals surface area (Å²) in [6.07, 6.45) is 4.00. The molecule has 5 aromatic rings. The molecule has 5 rings (SSSR count). The van der Waals surface area contributed by atoms with Gasteiger partial charge in [-0.2, -0.15) is 0 Å². The molecule has 7 nitrogen and oxygen atoms in total. The molecular weight excluding hydrogens is 498 g/mol. The number of carbonyl (C=O) groups is 2. The molecule has 2 heterocycles. The zero-order valence-electron chi connectivity index (χ0n) is 21.9. The van der Waals surface area contributed by atoms with Gasteiger partial charge in [0.05, 0.1) is 16.8 Å². The van der Waals surface area contributed by atoms with Gasteiger partial charge in [-0.25, -0.2) is 10.8 Å². The molecule has 0 fully saturated rings. The normalized spacial score (nSPS) is 11.2. The molecule has 196 valence electrons. The number of fused-ring (bicyclic) bond motifs is 1. The molecule has 0 saturated heterocycles. The van der Waals surface area contributed by atoms with Crippen LogP contribution in [0.2, 0.25) is 0 Å². The summed E-state index contributed by atoms with van der Waals surface area (Å²) in [6, 6.07) is 28.4. The second-order valence-corrected chi connectivity index (χ2v) is 9.39. The van der Waals surface area contributed by atoms with Crippen LogP contribution >= 0.6 is 0 Å². The van der Waals surface area contributed by atoms with Crippen molar-refractivity contribution < 1.29 is 9.59 Å². The molecule has 7 heteroatoms. The molecule has 1 unspecified atom stereocenters. The van der Waals surface area contributed by atoms with E-state index in [4.69, 9.17) is 5.84 Å². The number of hydrogen-bond acceptors (Lipinski definition) is 5. The summed E-state index contributed by atoms with van der Waals surface area (Å²) < 4.78 is 0. The van der Waals surface area contributed by atoms with Crippen molar-refractivity contribution >= 4 is 22.7 Å². The van der Waals surface area contributed by atoms with Gasteiger partial charge in [0.25, 0.3) is 11.8 Å². The zero-order chi connectivity index (χ0) is 27.9. The van der Waals surface area contributed by atoms with Crippen molar-refractivity contribution in [3.05, 3.63) is 131 Å². The number of carbonyl (C=O) groups excluding carboxylic acids is 2. The number of nitrogen functional groups attached to an aromatic ring is 1. The number of hydrogen-bond donors (Lipinski definition) is 3. The highest BCUT2D eigenvalue weighted by Crippen LogP contribution is 2.24. The average molecular weight is 526 g/mol. The first kappa shape index (κ1) is 26.3. The summed E-state index contributed by atoms with van der Waals surface area (Å²) in [5.74, 6) is 11.2. The Kier molecular flexibility index (Phi) is 7.91. The molecule has 40 heavy (non-hydrogen) atoms. The van der Waals surface area contributed by atoms with Gasteiger partial charge in [0.15, 0.2) is 0 Å². The largest absolute Gasteiger partial charge is 0.349 e. The molecule has 2 amide bonds. The third kappa shape index (κ3) is 6.21. The molecule has 0 bridgehead atoms. The van der Waals surface area contributed by atoms with E-state index in [1.807, 2.05) is 61.5 Å². The molecule has 2 aromatic heterocycles. The Balaban J connectivity index is 1.26. The first-order valence-corrected chi connectivity index (χ1v) is 12.8. The lowest BCUT2D eigenvalue weighted by molar-refractivity contribution is 0.0936.